The van der Waals surface area contributed by atoms with Crippen LogP contribution < -0.4 is 10.1 Å². The van der Waals surface area contributed by atoms with Crippen LogP contribution in [0.1, 0.15) is 43.5 Å². The summed E-state index contributed by atoms with van der Waals surface area (Å²) in [6.07, 6.45) is 2.11. The number of halogens is 1. The highest BCUT2D eigenvalue weighted by molar-refractivity contribution is 5.91. The van der Waals surface area contributed by atoms with Gasteiger partial charge in [0.15, 0.2) is 6.10 Å². The van der Waals surface area contributed by atoms with E-state index in [0.717, 1.165) is 31.4 Å². The lowest BCUT2D eigenvalue weighted by atomic mass is 10.2. The Balaban J connectivity index is 2.63. The predicted octanol–water partition coefficient (Wildman–Crippen LogP) is 2.60. The van der Waals surface area contributed by atoms with Gasteiger partial charge in [0.05, 0.1) is 0 Å². The Morgan fingerprint density at radius 1 is 1.38 bits per heavy atom. The van der Waals surface area contributed by atoms with Crippen LogP contribution in [0.25, 0.3) is 0 Å². The minimum atomic E-state index is -1.31. The summed E-state index contributed by atoms with van der Waals surface area (Å²) in [4.78, 5) is 22.8. The maximum Gasteiger partial charge on any atom is 0.339 e. The van der Waals surface area contributed by atoms with Crippen molar-refractivity contribution in [2.75, 3.05) is 6.54 Å². The number of amides is 1. The van der Waals surface area contributed by atoms with Crippen LogP contribution in [0.4, 0.5) is 4.39 Å². The number of aromatic carboxylic acids is 1. The van der Waals surface area contributed by atoms with Crippen molar-refractivity contribution in [1.82, 2.24) is 5.32 Å². The van der Waals surface area contributed by atoms with E-state index in [2.05, 4.69) is 12.2 Å². The summed E-state index contributed by atoms with van der Waals surface area (Å²) in [7, 11) is 0. The van der Waals surface area contributed by atoms with Crippen LogP contribution >= 0.6 is 0 Å². The fraction of sp³-hybridized carbons (Fsp3) is 0.467. The second-order valence-corrected chi connectivity index (χ2v) is 4.70. The van der Waals surface area contributed by atoms with Gasteiger partial charge in [0.2, 0.25) is 0 Å². The van der Waals surface area contributed by atoms with Crippen LogP contribution in [0, 0.1) is 5.82 Å². The molecule has 0 fully saturated rings. The molecule has 0 saturated carbocycles. The van der Waals surface area contributed by atoms with E-state index in [9.17, 15) is 14.0 Å². The molecule has 2 N–H and O–H groups in total. The average Bonchev–Trinajstić information content (AvgIpc) is 2.44. The molecule has 1 rings (SSSR count). The lowest BCUT2D eigenvalue weighted by Crippen LogP contribution is -2.37. The number of carbonyl (C=O) groups excluding carboxylic acids is 1. The molecule has 0 bridgehead atoms. The topological polar surface area (TPSA) is 75.6 Å². The van der Waals surface area contributed by atoms with Gasteiger partial charge in [-0.15, -0.1) is 0 Å². The van der Waals surface area contributed by atoms with Gasteiger partial charge in [0, 0.05) is 6.54 Å². The van der Waals surface area contributed by atoms with Gasteiger partial charge in [-0.25, -0.2) is 9.18 Å². The van der Waals surface area contributed by atoms with E-state index >= 15 is 0 Å². The van der Waals surface area contributed by atoms with Crippen LogP contribution in [0.3, 0.4) is 0 Å². The largest absolute Gasteiger partial charge is 0.480 e. The first kappa shape index (κ1) is 16.9. The first-order chi connectivity index (χ1) is 9.95. The molecular weight excluding hydrogens is 277 g/mol. The number of hydrogen-bond acceptors (Lipinski definition) is 3. The maximum absolute atomic E-state index is 13.0. The van der Waals surface area contributed by atoms with Gasteiger partial charge < -0.3 is 15.2 Å². The van der Waals surface area contributed by atoms with Crippen LogP contribution in [-0.4, -0.2) is 29.6 Å². The molecule has 1 unspecified atom stereocenters. The van der Waals surface area contributed by atoms with Gasteiger partial charge in [0.25, 0.3) is 5.91 Å². The normalized spacial score (nSPS) is 11.8. The van der Waals surface area contributed by atoms with E-state index in [1.165, 1.54) is 13.0 Å². The number of nitrogens with one attached hydrogen (secondary N) is 1. The molecule has 1 aromatic carbocycles. The fourth-order valence-corrected chi connectivity index (χ4v) is 1.75. The van der Waals surface area contributed by atoms with E-state index in [-0.39, 0.29) is 17.2 Å². The second kappa shape index (κ2) is 8.24. The van der Waals surface area contributed by atoms with E-state index < -0.39 is 17.9 Å². The number of carboxylic acid groups (broad SMARTS) is 1. The summed E-state index contributed by atoms with van der Waals surface area (Å²) < 4.78 is 18.4. The third-order valence-corrected chi connectivity index (χ3v) is 2.92. The van der Waals surface area contributed by atoms with Crippen molar-refractivity contribution < 1.29 is 23.8 Å². The summed E-state index contributed by atoms with van der Waals surface area (Å²) in [5.41, 5.74) is -0.305. The van der Waals surface area contributed by atoms with Gasteiger partial charge in [-0.1, -0.05) is 19.8 Å². The minimum Gasteiger partial charge on any atom is -0.480 e. The molecule has 1 amide bonds. The number of hydrogen-bond donors (Lipinski definition) is 2. The molecule has 116 valence electrons. The van der Waals surface area contributed by atoms with Crippen molar-refractivity contribution in [3.63, 3.8) is 0 Å². The Morgan fingerprint density at radius 3 is 2.71 bits per heavy atom. The zero-order valence-electron chi connectivity index (χ0n) is 12.2. The van der Waals surface area contributed by atoms with Crippen LogP contribution in [0.2, 0.25) is 0 Å². The number of unbranched alkanes of at least 4 members (excludes halogenated alkanes) is 2. The molecule has 1 atom stereocenters. The Bertz CT molecular complexity index is 504. The second-order valence-electron chi connectivity index (χ2n) is 4.70. The number of benzene rings is 1. The molecular formula is C15H20FNO4. The smallest absolute Gasteiger partial charge is 0.339 e. The average molecular weight is 297 g/mol. The lowest BCUT2D eigenvalue weighted by Gasteiger charge is -2.16. The summed E-state index contributed by atoms with van der Waals surface area (Å²) in [6.45, 7) is 4.13. The SMILES string of the molecule is CCCCCNC(=O)C(C)Oc1ccc(F)cc1C(=O)O. The monoisotopic (exact) mass is 297 g/mol. The number of rotatable bonds is 8. The van der Waals surface area contributed by atoms with Crippen LogP contribution in [0.5, 0.6) is 5.75 Å². The minimum absolute atomic E-state index is 0.0277. The molecule has 0 heterocycles. The summed E-state index contributed by atoms with van der Waals surface area (Å²) in [6, 6.07) is 3.16. The van der Waals surface area contributed by atoms with Crippen molar-refractivity contribution >= 4 is 11.9 Å². The molecule has 6 heteroatoms. The Labute approximate surface area is 123 Å². The van der Waals surface area contributed by atoms with Crippen molar-refractivity contribution in [2.24, 2.45) is 0 Å². The summed E-state index contributed by atoms with van der Waals surface area (Å²) in [5, 5.41) is 11.7. The third kappa shape index (κ3) is 5.41. The molecule has 0 aliphatic rings. The molecule has 0 aliphatic carbocycles. The quantitative estimate of drug-likeness (QED) is 0.723. The predicted molar refractivity (Wildman–Crippen MR) is 76.0 cm³/mol. The van der Waals surface area contributed by atoms with Crippen molar-refractivity contribution in [2.45, 2.75) is 39.2 Å². The molecule has 0 aliphatic heterocycles. The van der Waals surface area contributed by atoms with E-state index in [1.807, 2.05) is 0 Å². The molecule has 1 aromatic rings. The van der Waals surface area contributed by atoms with Crippen LogP contribution in [-0.2, 0) is 4.79 Å². The molecule has 0 radical (unpaired) electrons. The third-order valence-electron chi connectivity index (χ3n) is 2.92. The maximum atomic E-state index is 13.0. The molecule has 0 spiro atoms. The van der Waals surface area contributed by atoms with Crippen molar-refractivity contribution in [1.29, 1.82) is 0 Å². The number of ether oxygens (including phenoxy) is 1. The first-order valence-corrected chi connectivity index (χ1v) is 6.93. The van der Waals surface area contributed by atoms with E-state index in [4.69, 9.17) is 9.84 Å². The Morgan fingerprint density at radius 2 is 2.10 bits per heavy atom. The molecule has 21 heavy (non-hydrogen) atoms. The summed E-state index contributed by atoms with van der Waals surface area (Å²) in [5.74, 6) is -2.33. The van der Waals surface area contributed by atoms with E-state index in [1.54, 1.807) is 0 Å². The zero-order valence-corrected chi connectivity index (χ0v) is 12.2. The Kier molecular flexibility index (Phi) is 6.65. The van der Waals surface area contributed by atoms with Crippen molar-refractivity contribution in [3.8, 4) is 5.75 Å². The highest BCUT2D eigenvalue weighted by Crippen LogP contribution is 2.21. The number of carboxylic acids is 1. The standard InChI is InChI=1S/C15H20FNO4/c1-3-4-5-8-17-14(18)10(2)21-13-7-6-11(16)9-12(13)15(19)20/h6-7,9-10H,3-5,8H2,1-2H3,(H,17,18)(H,19,20). The van der Waals surface area contributed by atoms with Gasteiger partial charge >= 0.3 is 5.97 Å². The fourth-order valence-electron chi connectivity index (χ4n) is 1.75. The molecule has 5 nitrogen and oxygen atoms in total. The lowest BCUT2D eigenvalue weighted by molar-refractivity contribution is -0.127. The van der Waals surface area contributed by atoms with Crippen LogP contribution in [0.15, 0.2) is 18.2 Å². The van der Waals surface area contributed by atoms with Gasteiger partial charge in [-0.3, -0.25) is 4.79 Å². The molecule has 0 aromatic heterocycles. The Hall–Kier alpha value is -2.11. The first-order valence-electron chi connectivity index (χ1n) is 6.93. The van der Waals surface area contributed by atoms with Gasteiger partial charge in [-0.05, 0) is 31.5 Å². The highest BCUT2D eigenvalue weighted by Gasteiger charge is 2.19. The molecule has 0 saturated heterocycles. The van der Waals surface area contributed by atoms with Gasteiger partial charge in [0.1, 0.15) is 17.1 Å². The summed E-state index contributed by atoms with van der Waals surface area (Å²) >= 11 is 0. The van der Waals surface area contributed by atoms with Gasteiger partial charge in [-0.2, -0.15) is 0 Å². The highest BCUT2D eigenvalue weighted by atomic mass is 19.1. The van der Waals surface area contributed by atoms with E-state index in [0.29, 0.717) is 6.54 Å². The van der Waals surface area contributed by atoms with Crippen molar-refractivity contribution in [3.05, 3.63) is 29.6 Å². The number of carbonyl (C=O) groups is 2. The zero-order chi connectivity index (χ0) is 15.8.